The minimum absolute atomic E-state index is 0.0339. The van der Waals surface area contributed by atoms with Crippen LogP contribution in [0.5, 0.6) is 0 Å². The van der Waals surface area contributed by atoms with Crippen molar-refractivity contribution in [2.45, 2.75) is 13.3 Å². The molecule has 1 aromatic carbocycles. The Balaban J connectivity index is 2.26. The van der Waals surface area contributed by atoms with Crippen molar-refractivity contribution in [1.82, 2.24) is 4.98 Å². The second kappa shape index (κ2) is 5.18. The number of nitrogens with zero attached hydrogens (tertiary/aromatic N) is 2. The zero-order valence-corrected chi connectivity index (χ0v) is 11.1. The summed E-state index contributed by atoms with van der Waals surface area (Å²) >= 11 is 1.42. The van der Waals surface area contributed by atoms with E-state index in [0.717, 1.165) is 21.4 Å². The third-order valence-electron chi connectivity index (χ3n) is 2.62. The number of carboxylic acids is 1. The standard InChI is InChI=1S/C13H14N2O2S/c1-9-11(8-12(16)17)18-13(14-9)15(2)10-6-4-3-5-7-10/h3-7H,8H2,1-2H3,(H,16,17). The summed E-state index contributed by atoms with van der Waals surface area (Å²) in [6, 6.07) is 9.87. The smallest absolute Gasteiger partial charge is 0.308 e. The van der Waals surface area contributed by atoms with Crippen LogP contribution >= 0.6 is 11.3 Å². The molecule has 0 atom stereocenters. The summed E-state index contributed by atoms with van der Waals surface area (Å²) in [4.78, 5) is 17.9. The van der Waals surface area contributed by atoms with Gasteiger partial charge in [-0.3, -0.25) is 4.79 Å². The minimum Gasteiger partial charge on any atom is -0.481 e. The first-order chi connectivity index (χ1) is 8.58. The van der Waals surface area contributed by atoms with Crippen LogP contribution in [0.25, 0.3) is 0 Å². The van der Waals surface area contributed by atoms with Crippen molar-refractivity contribution in [3.8, 4) is 0 Å². The maximum atomic E-state index is 10.7. The van der Waals surface area contributed by atoms with E-state index in [-0.39, 0.29) is 6.42 Å². The normalized spacial score (nSPS) is 10.3. The predicted octanol–water partition coefficient (Wildman–Crippen LogP) is 2.85. The van der Waals surface area contributed by atoms with E-state index in [0.29, 0.717) is 0 Å². The van der Waals surface area contributed by atoms with E-state index in [2.05, 4.69) is 4.98 Å². The Bertz CT molecular complexity index is 551. The molecule has 0 aliphatic heterocycles. The van der Waals surface area contributed by atoms with Gasteiger partial charge in [-0.25, -0.2) is 4.98 Å². The second-order valence-corrected chi connectivity index (χ2v) is 5.03. The first-order valence-corrected chi connectivity index (χ1v) is 6.36. The number of carboxylic acid groups (broad SMARTS) is 1. The Morgan fingerprint density at radius 2 is 2.06 bits per heavy atom. The van der Waals surface area contributed by atoms with Gasteiger partial charge in [0, 0.05) is 17.6 Å². The fourth-order valence-corrected chi connectivity index (χ4v) is 2.65. The molecular weight excluding hydrogens is 248 g/mol. The Morgan fingerprint density at radius 1 is 1.39 bits per heavy atom. The van der Waals surface area contributed by atoms with Gasteiger partial charge in [-0.05, 0) is 19.1 Å². The average molecular weight is 262 g/mol. The van der Waals surface area contributed by atoms with Crippen molar-refractivity contribution >= 4 is 28.1 Å². The van der Waals surface area contributed by atoms with E-state index in [1.54, 1.807) is 0 Å². The van der Waals surface area contributed by atoms with Gasteiger partial charge in [0.1, 0.15) is 0 Å². The number of aromatic nitrogens is 1. The third-order valence-corrected chi connectivity index (χ3v) is 3.86. The number of anilines is 2. The summed E-state index contributed by atoms with van der Waals surface area (Å²) < 4.78 is 0. The number of para-hydroxylation sites is 1. The molecule has 0 spiro atoms. The summed E-state index contributed by atoms with van der Waals surface area (Å²) in [5.41, 5.74) is 1.83. The van der Waals surface area contributed by atoms with Crippen LogP contribution in [0.15, 0.2) is 30.3 Å². The van der Waals surface area contributed by atoms with Crippen LogP contribution in [-0.4, -0.2) is 23.1 Å². The van der Waals surface area contributed by atoms with Gasteiger partial charge in [0.05, 0.1) is 12.1 Å². The maximum absolute atomic E-state index is 10.7. The molecule has 0 bridgehead atoms. The lowest BCUT2D eigenvalue weighted by molar-refractivity contribution is -0.136. The zero-order valence-electron chi connectivity index (χ0n) is 10.3. The van der Waals surface area contributed by atoms with Gasteiger partial charge in [-0.1, -0.05) is 18.2 Å². The fraction of sp³-hybridized carbons (Fsp3) is 0.231. The lowest BCUT2D eigenvalue weighted by atomic mass is 10.3. The fourth-order valence-electron chi connectivity index (χ4n) is 1.62. The highest BCUT2D eigenvalue weighted by molar-refractivity contribution is 7.15. The topological polar surface area (TPSA) is 53.4 Å². The summed E-state index contributed by atoms with van der Waals surface area (Å²) in [5, 5.41) is 9.64. The lowest BCUT2D eigenvalue weighted by Gasteiger charge is -2.15. The molecular formula is C13H14N2O2S. The lowest BCUT2D eigenvalue weighted by Crippen LogP contribution is -2.08. The summed E-state index contributed by atoms with van der Waals surface area (Å²) in [6.07, 6.45) is 0.0339. The Labute approximate surface area is 110 Å². The van der Waals surface area contributed by atoms with Crippen molar-refractivity contribution in [3.63, 3.8) is 0 Å². The SMILES string of the molecule is Cc1nc(N(C)c2ccccc2)sc1CC(=O)O. The predicted molar refractivity (Wildman–Crippen MR) is 72.7 cm³/mol. The molecule has 0 aliphatic carbocycles. The number of benzene rings is 1. The quantitative estimate of drug-likeness (QED) is 0.920. The molecule has 4 nitrogen and oxygen atoms in total. The highest BCUT2D eigenvalue weighted by Gasteiger charge is 2.14. The molecule has 0 radical (unpaired) electrons. The van der Waals surface area contributed by atoms with Crippen molar-refractivity contribution in [2.75, 3.05) is 11.9 Å². The zero-order chi connectivity index (χ0) is 13.1. The maximum Gasteiger partial charge on any atom is 0.308 e. The van der Waals surface area contributed by atoms with Crippen molar-refractivity contribution < 1.29 is 9.90 Å². The van der Waals surface area contributed by atoms with E-state index in [1.165, 1.54) is 11.3 Å². The highest BCUT2D eigenvalue weighted by atomic mass is 32.1. The van der Waals surface area contributed by atoms with Crippen LogP contribution in [0.1, 0.15) is 10.6 Å². The Morgan fingerprint density at radius 3 is 2.67 bits per heavy atom. The minimum atomic E-state index is -0.823. The van der Waals surface area contributed by atoms with E-state index >= 15 is 0 Å². The average Bonchev–Trinajstić information content (AvgIpc) is 2.70. The van der Waals surface area contributed by atoms with Gasteiger partial charge < -0.3 is 10.0 Å². The van der Waals surface area contributed by atoms with Gasteiger partial charge in [0.15, 0.2) is 5.13 Å². The molecule has 18 heavy (non-hydrogen) atoms. The third kappa shape index (κ3) is 2.68. The van der Waals surface area contributed by atoms with Crippen LogP contribution in [0.2, 0.25) is 0 Å². The molecule has 2 aromatic rings. The number of aliphatic carboxylic acids is 1. The molecule has 94 valence electrons. The number of aryl methyl sites for hydroxylation is 1. The van der Waals surface area contributed by atoms with Crippen molar-refractivity contribution in [2.24, 2.45) is 0 Å². The van der Waals surface area contributed by atoms with Crippen molar-refractivity contribution in [3.05, 3.63) is 40.9 Å². The van der Waals surface area contributed by atoms with E-state index in [4.69, 9.17) is 5.11 Å². The number of thiazole rings is 1. The molecule has 1 N–H and O–H groups in total. The Hall–Kier alpha value is -1.88. The first kappa shape index (κ1) is 12.6. The van der Waals surface area contributed by atoms with E-state index < -0.39 is 5.97 Å². The summed E-state index contributed by atoms with van der Waals surface area (Å²) in [5.74, 6) is -0.823. The monoisotopic (exact) mass is 262 g/mol. The molecule has 1 heterocycles. The first-order valence-electron chi connectivity index (χ1n) is 5.55. The Kier molecular flexibility index (Phi) is 3.62. The molecule has 0 aliphatic rings. The second-order valence-electron chi connectivity index (χ2n) is 3.97. The van der Waals surface area contributed by atoms with Crippen LogP contribution in [0, 0.1) is 6.92 Å². The number of hydrogen-bond acceptors (Lipinski definition) is 4. The summed E-state index contributed by atoms with van der Waals surface area (Å²) in [6.45, 7) is 1.84. The van der Waals surface area contributed by atoms with Crippen molar-refractivity contribution in [1.29, 1.82) is 0 Å². The molecule has 5 heteroatoms. The molecule has 0 saturated carbocycles. The molecule has 1 aromatic heterocycles. The van der Waals surface area contributed by atoms with Gasteiger partial charge in [0.25, 0.3) is 0 Å². The molecule has 0 saturated heterocycles. The van der Waals surface area contributed by atoms with Gasteiger partial charge in [-0.15, -0.1) is 11.3 Å². The van der Waals surface area contributed by atoms with Crippen LogP contribution in [-0.2, 0) is 11.2 Å². The number of carbonyl (C=O) groups is 1. The van der Waals surface area contributed by atoms with Gasteiger partial charge in [-0.2, -0.15) is 0 Å². The molecule has 2 rings (SSSR count). The highest BCUT2D eigenvalue weighted by Crippen LogP contribution is 2.30. The van der Waals surface area contributed by atoms with E-state index in [9.17, 15) is 4.79 Å². The number of rotatable bonds is 4. The summed E-state index contributed by atoms with van der Waals surface area (Å²) in [7, 11) is 1.93. The largest absolute Gasteiger partial charge is 0.481 e. The van der Waals surface area contributed by atoms with Crippen LogP contribution in [0.3, 0.4) is 0 Å². The van der Waals surface area contributed by atoms with Gasteiger partial charge >= 0.3 is 5.97 Å². The molecule has 0 fully saturated rings. The number of hydrogen-bond donors (Lipinski definition) is 1. The van der Waals surface area contributed by atoms with E-state index in [1.807, 2.05) is 49.2 Å². The molecule has 0 amide bonds. The van der Waals surface area contributed by atoms with Crippen LogP contribution in [0.4, 0.5) is 10.8 Å². The van der Waals surface area contributed by atoms with Gasteiger partial charge in [0.2, 0.25) is 0 Å². The van der Waals surface area contributed by atoms with Crippen LogP contribution < -0.4 is 4.90 Å². The molecule has 0 unspecified atom stereocenters.